The highest BCUT2D eigenvalue weighted by atomic mass is 31.2. The van der Waals surface area contributed by atoms with E-state index in [1.165, 1.54) is 0 Å². The van der Waals surface area contributed by atoms with E-state index in [0.29, 0.717) is 19.1 Å². The summed E-state index contributed by atoms with van der Waals surface area (Å²) in [7, 11) is -4.79. The van der Waals surface area contributed by atoms with Crippen LogP contribution in [-0.2, 0) is 13.6 Å². The second kappa shape index (κ2) is 6.88. The maximum absolute atomic E-state index is 12.8. The van der Waals surface area contributed by atoms with Crippen molar-refractivity contribution in [1.82, 2.24) is 0 Å². The zero-order chi connectivity index (χ0) is 13.7. The summed E-state index contributed by atoms with van der Waals surface area (Å²) < 4.78 is 23.7. The van der Waals surface area contributed by atoms with Gasteiger partial charge in [0.25, 0.3) is 0 Å². The molecule has 0 aliphatic rings. The molecular formula is C12H27O3PSi. The summed E-state index contributed by atoms with van der Waals surface area (Å²) >= 11 is 0. The van der Waals surface area contributed by atoms with Crippen molar-refractivity contribution in [3.05, 3.63) is 11.0 Å². The normalized spacial score (nSPS) is 14.5. The molecule has 0 aromatic carbocycles. The maximum atomic E-state index is 12.8. The van der Waals surface area contributed by atoms with Gasteiger partial charge in [-0.2, -0.15) is 0 Å². The maximum Gasteiger partial charge on any atom is 0.353 e. The minimum atomic E-state index is -3.08. The summed E-state index contributed by atoms with van der Waals surface area (Å²) in [6, 6.07) is 0. The lowest BCUT2D eigenvalue weighted by molar-refractivity contribution is 0.227. The highest BCUT2D eigenvalue weighted by Gasteiger charge is 2.38. The first-order valence-electron chi connectivity index (χ1n) is 6.29. The van der Waals surface area contributed by atoms with Gasteiger partial charge in [-0.05, 0) is 19.8 Å². The number of allylic oxidation sites excluding steroid dienone is 1. The Hall–Kier alpha value is 0.107. The SMILES string of the molecule is CCOP(=O)(OCC)/C(=C/C(C)C)[Si](C)(C)C. The monoisotopic (exact) mass is 278 g/mol. The number of hydrogen-bond acceptors (Lipinski definition) is 3. The third kappa shape index (κ3) is 5.52. The van der Waals surface area contributed by atoms with Gasteiger partial charge in [0.05, 0.1) is 21.3 Å². The molecule has 0 heterocycles. The largest absolute Gasteiger partial charge is 0.353 e. The smallest absolute Gasteiger partial charge is 0.306 e. The Labute approximate surface area is 107 Å². The third-order valence-electron chi connectivity index (χ3n) is 2.15. The molecule has 0 bridgehead atoms. The second-order valence-electron chi connectivity index (χ2n) is 5.38. The first-order chi connectivity index (χ1) is 7.67. The van der Waals surface area contributed by atoms with Crippen molar-refractivity contribution in [2.24, 2.45) is 5.92 Å². The molecule has 5 heteroatoms. The van der Waals surface area contributed by atoms with Crippen LogP contribution >= 0.6 is 7.60 Å². The Bertz CT molecular complexity index is 295. The third-order valence-corrected chi connectivity index (χ3v) is 8.63. The Morgan fingerprint density at radius 3 is 1.82 bits per heavy atom. The van der Waals surface area contributed by atoms with E-state index in [4.69, 9.17) is 9.05 Å². The summed E-state index contributed by atoms with van der Waals surface area (Å²) in [5.41, 5.74) is 0. The second-order valence-corrected chi connectivity index (χ2v) is 12.8. The van der Waals surface area contributed by atoms with E-state index >= 15 is 0 Å². The van der Waals surface area contributed by atoms with Crippen molar-refractivity contribution in [2.75, 3.05) is 13.2 Å². The van der Waals surface area contributed by atoms with Crippen LogP contribution in [0.4, 0.5) is 0 Å². The highest BCUT2D eigenvalue weighted by Crippen LogP contribution is 2.59. The van der Waals surface area contributed by atoms with Crippen LogP contribution in [0.3, 0.4) is 0 Å². The Morgan fingerprint density at radius 1 is 1.18 bits per heavy atom. The number of rotatable bonds is 7. The van der Waals surface area contributed by atoms with E-state index in [0.717, 1.165) is 4.94 Å². The van der Waals surface area contributed by atoms with Crippen LogP contribution < -0.4 is 0 Å². The molecule has 0 spiro atoms. The number of hydrogen-bond donors (Lipinski definition) is 0. The lowest BCUT2D eigenvalue weighted by Crippen LogP contribution is -2.26. The fraction of sp³-hybridized carbons (Fsp3) is 0.833. The van der Waals surface area contributed by atoms with Gasteiger partial charge in [-0.3, -0.25) is 4.57 Å². The lowest BCUT2D eigenvalue weighted by Gasteiger charge is -2.28. The van der Waals surface area contributed by atoms with Gasteiger partial charge >= 0.3 is 7.60 Å². The minimum absolute atomic E-state index is 0.353. The van der Waals surface area contributed by atoms with E-state index in [9.17, 15) is 4.57 Å². The van der Waals surface area contributed by atoms with Crippen molar-refractivity contribution in [2.45, 2.75) is 47.3 Å². The van der Waals surface area contributed by atoms with Crippen LogP contribution in [0.2, 0.25) is 19.6 Å². The average Bonchev–Trinajstić information content (AvgIpc) is 2.13. The van der Waals surface area contributed by atoms with Crippen LogP contribution in [0.1, 0.15) is 27.7 Å². The molecule has 0 saturated heterocycles. The summed E-state index contributed by atoms with van der Waals surface area (Å²) in [6.07, 6.45) is 2.07. The zero-order valence-electron chi connectivity index (χ0n) is 12.2. The topological polar surface area (TPSA) is 35.5 Å². The predicted molar refractivity (Wildman–Crippen MR) is 77.1 cm³/mol. The Balaban J connectivity index is 5.47. The average molecular weight is 278 g/mol. The predicted octanol–water partition coefficient (Wildman–Crippen LogP) is 4.67. The molecule has 0 amide bonds. The molecule has 0 atom stereocenters. The van der Waals surface area contributed by atoms with Crippen LogP contribution in [0.25, 0.3) is 0 Å². The van der Waals surface area contributed by atoms with Crippen LogP contribution in [-0.4, -0.2) is 21.3 Å². The van der Waals surface area contributed by atoms with Gasteiger partial charge in [-0.15, -0.1) is 0 Å². The standard InChI is InChI=1S/C12H27O3PSi/c1-8-14-16(13,15-9-2)12(10-11(3)4)17(5,6)7/h10-11H,8-9H2,1-7H3/b12-10-. The fourth-order valence-electron chi connectivity index (χ4n) is 1.58. The summed E-state index contributed by atoms with van der Waals surface area (Å²) in [5.74, 6) is 0.353. The molecule has 0 aliphatic carbocycles. The molecule has 0 aliphatic heterocycles. The summed E-state index contributed by atoms with van der Waals surface area (Å²) in [6.45, 7) is 15.2. The molecule has 0 rings (SSSR count). The first-order valence-corrected chi connectivity index (χ1v) is 11.3. The molecule has 0 N–H and O–H groups in total. The first kappa shape index (κ1) is 17.1. The van der Waals surface area contributed by atoms with Crippen LogP contribution in [0.5, 0.6) is 0 Å². The van der Waals surface area contributed by atoms with Crippen LogP contribution in [0, 0.1) is 5.92 Å². The van der Waals surface area contributed by atoms with Gasteiger partial charge in [-0.1, -0.05) is 39.6 Å². The quantitative estimate of drug-likeness (QED) is 0.501. The van der Waals surface area contributed by atoms with Gasteiger partial charge in [-0.25, -0.2) is 0 Å². The fourth-order valence-corrected chi connectivity index (χ4v) is 7.60. The van der Waals surface area contributed by atoms with Crippen molar-refractivity contribution in [3.63, 3.8) is 0 Å². The summed E-state index contributed by atoms with van der Waals surface area (Å²) in [4.78, 5) is 0.920. The van der Waals surface area contributed by atoms with Crippen molar-refractivity contribution >= 4 is 15.7 Å². The molecule has 0 unspecified atom stereocenters. The van der Waals surface area contributed by atoms with Crippen molar-refractivity contribution in [1.29, 1.82) is 0 Å². The molecule has 0 fully saturated rings. The van der Waals surface area contributed by atoms with E-state index in [2.05, 4.69) is 39.6 Å². The molecular weight excluding hydrogens is 251 g/mol. The molecule has 0 aromatic heterocycles. The summed E-state index contributed by atoms with van der Waals surface area (Å²) in [5, 5.41) is 0. The molecule has 102 valence electrons. The lowest BCUT2D eigenvalue weighted by atomic mass is 10.2. The molecule has 0 aromatic rings. The van der Waals surface area contributed by atoms with Gasteiger partial charge in [0, 0.05) is 4.94 Å². The van der Waals surface area contributed by atoms with E-state index in [-0.39, 0.29) is 0 Å². The van der Waals surface area contributed by atoms with Gasteiger partial charge < -0.3 is 9.05 Å². The van der Waals surface area contributed by atoms with Gasteiger partial charge in [0.1, 0.15) is 0 Å². The highest BCUT2D eigenvalue weighted by molar-refractivity contribution is 7.62. The Morgan fingerprint density at radius 2 is 1.59 bits per heavy atom. The Kier molecular flexibility index (Phi) is 6.93. The van der Waals surface area contributed by atoms with Gasteiger partial charge in [0.15, 0.2) is 0 Å². The van der Waals surface area contributed by atoms with E-state index in [1.807, 2.05) is 13.8 Å². The molecule has 17 heavy (non-hydrogen) atoms. The van der Waals surface area contributed by atoms with Gasteiger partial charge in [0.2, 0.25) is 0 Å². The van der Waals surface area contributed by atoms with Crippen LogP contribution in [0.15, 0.2) is 11.0 Å². The molecule has 0 saturated carbocycles. The van der Waals surface area contributed by atoms with E-state index in [1.54, 1.807) is 0 Å². The van der Waals surface area contributed by atoms with Crippen molar-refractivity contribution in [3.8, 4) is 0 Å². The zero-order valence-corrected chi connectivity index (χ0v) is 14.1. The molecule has 0 radical (unpaired) electrons. The minimum Gasteiger partial charge on any atom is -0.306 e. The van der Waals surface area contributed by atoms with E-state index < -0.39 is 15.7 Å². The molecule has 3 nitrogen and oxygen atoms in total. The van der Waals surface area contributed by atoms with Crippen molar-refractivity contribution < 1.29 is 13.6 Å².